The van der Waals surface area contributed by atoms with Gasteiger partial charge >= 0.3 is 0 Å². The predicted octanol–water partition coefficient (Wildman–Crippen LogP) is 1.32. The van der Waals surface area contributed by atoms with Crippen LogP contribution in [-0.4, -0.2) is 49.1 Å². The smallest absolute Gasteiger partial charge is 0.0195 e. The molecule has 2 N–H and O–H groups in total. The molecule has 18 heavy (non-hydrogen) atoms. The summed E-state index contributed by atoms with van der Waals surface area (Å²) in [7, 11) is 2.21. The number of hydrogen-bond acceptors (Lipinski definition) is 3. The molecular weight excluding hydrogens is 222 g/mol. The molecule has 0 aromatic heterocycles. The molecule has 1 aliphatic rings. The first-order chi connectivity index (χ1) is 8.70. The molecule has 3 heteroatoms. The quantitative estimate of drug-likeness (QED) is 0.871. The Balaban J connectivity index is 1.91. The number of benzene rings is 1. The van der Waals surface area contributed by atoms with Gasteiger partial charge in [-0.2, -0.15) is 0 Å². The van der Waals surface area contributed by atoms with E-state index in [0.29, 0.717) is 12.6 Å². The largest absolute Gasteiger partial charge is 0.326 e. The van der Waals surface area contributed by atoms with Crippen LogP contribution >= 0.6 is 0 Å². The molecule has 1 unspecified atom stereocenters. The van der Waals surface area contributed by atoms with Crippen molar-refractivity contribution in [3.05, 3.63) is 35.4 Å². The highest BCUT2D eigenvalue weighted by Gasteiger charge is 2.20. The summed E-state index contributed by atoms with van der Waals surface area (Å²) in [5, 5.41) is 0. The van der Waals surface area contributed by atoms with Gasteiger partial charge in [0.25, 0.3) is 0 Å². The van der Waals surface area contributed by atoms with Crippen molar-refractivity contribution in [2.45, 2.75) is 25.9 Å². The number of piperazine rings is 1. The molecular formula is C15H25N3. The van der Waals surface area contributed by atoms with Crippen molar-refractivity contribution in [2.75, 3.05) is 33.2 Å². The van der Waals surface area contributed by atoms with Gasteiger partial charge in [0.2, 0.25) is 0 Å². The Morgan fingerprint density at radius 3 is 2.61 bits per heavy atom. The van der Waals surface area contributed by atoms with Crippen molar-refractivity contribution in [2.24, 2.45) is 5.73 Å². The third kappa shape index (κ3) is 3.31. The van der Waals surface area contributed by atoms with E-state index in [0.717, 1.165) is 13.0 Å². The van der Waals surface area contributed by atoms with Crippen LogP contribution in [0, 0.1) is 0 Å². The average Bonchev–Trinajstić information content (AvgIpc) is 2.38. The fourth-order valence-electron chi connectivity index (χ4n) is 2.77. The zero-order chi connectivity index (χ0) is 13.0. The number of rotatable bonds is 4. The number of nitrogens with two attached hydrogens (primary N) is 1. The molecule has 1 aromatic rings. The molecule has 0 radical (unpaired) electrons. The molecule has 0 aliphatic carbocycles. The molecule has 100 valence electrons. The Bertz CT molecular complexity index is 378. The molecule has 1 aromatic carbocycles. The van der Waals surface area contributed by atoms with Crippen molar-refractivity contribution in [3.63, 3.8) is 0 Å². The van der Waals surface area contributed by atoms with Crippen LogP contribution in [0.4, 0.5) is 0 Å². The third-order valence-corrected chi connectivity index (χ3v) is 3.97. The Kier molecular flexibility index (Phi) is 4.75. The van der Waals surface area contributed by atoms with E-state index in [4.69, 9.17) is 5.73 Å². The summed E-state index contributed by atoms with van der Waals surface area (Å²) in [6.07, 6.45) is 1.11. The Hall–Kier alpha value is -0.900. The molecule has 1 saturated heterocycles. The SMILES string of the molecule is CC1CN(C)CCN1CCc1ccccc1CN. The van der Waals surface area contributed by atoms with E-state index in [1.165, 1.54) is 30.8 Å². The van der Waals surface area contributed by atoms with Crippen LogP contribution in [0.1, 0.15) is 18.1 Å². The molecule has 2 rings (SSSR count). The maximum Gasteiger partial charge on any atom is 0.0195 e. The summed E-state index contributed by atoms with van der Waals surface area (Å²) in [6, 6.07) is 9.20. The van der Waals surface area contributed by atoms with Crippen molar-refractivity contribution in [1.82, 2.24) is 9.80 Å². The van der Waals surface area contributed by atoms with Crippen molar-refractivity contribution < 1.29 is 0 Å². The molecule has 3 nitrogen and oxygen atoms in total. The van der Waals surface area contributed by atoms with Crippen LogP contribution in [0.15, 0.2) is 24.3 Å². The van der Waals surface area contributed by atoms with E-state index < -0.39 is 0 Å². The molecule has 1 atom stereocenters. The van der Waals surface area contributed by atoms with Crippen LogP contribution in [-0.2, 0) is 13.0 Å². The molecule has 0 bridgehead atoms. The molecule has 1 heterocycles. The fraction of sp³-hybridized carbons (Fsp3) is 0.600. The topological polar surface area (TPSA) is 32.5 Å². The van der Waals surface area contributed by atoms with E-state index in [-0.39, 0.29) is 0 Å². The second-order valence-corrected chi connectivity index (χ2v) is 5.37. The highest BCUT2D eigenvalue weighted by molar-refractivity contribution is 5.27. The zero-order valence-corrected chi connectivity index (χ0v) is 11.6. The Morgan fingerprint density at radius 2 is 1.94 bits per heavy atom. The molecule has 1 aliphatic heterocycles. The minimum absolute atomic E-state index is 0.647. The second-order valence-electron chi connectivity index (χ2n) is 5.37. The van der Waals surface area contributed by atoms with Gasteiger partial charge < -0.3 is 10.6 Å². The van der Waals surface area contributed by atoms with Crippen LogP contribution < -0.4 is 5.73 Å². The van der Waals surface area contributed by atoms with Gasteiger partial charge in [-0.1, -0.05) is 24.3 Å². The van der Waals surface area contributed by atoms with Crippen molar-refractivity contribution >= 4 is 0 Å². The lowest BCUT2D eigenvalue weighted by Gasteiger charge is -2.38. The standard InChI is InChI=1S/C15H25N3/c1-13-12-17(2)9-10-18(13)8-7-14-5-3-4-6-15(14)11-16/h3-6,13H,7-12,16H2,1-2H3. The summed E-state index contributed by atoms with van der Waals surface area (Å²) in [5.41, 5.74) is 8.48. The Labute approximate surface area is 111 Å². The van der Waals surface area contributed by atoms with Crippen LogP contribution in [0.2, 0.25) is 0 Å². The van der Waals surface area contributed by atoms with E-state index in [1.807, 2.05) is 0 Å². The summed E-state index contributed by atoms with van der Waals surface area (Å²) in [6.45, 7) is 7.66. The summed E-state index contributed by atoms with van der Waals surface area (Å²) < 4.78 is 0. The first kappa shape index (κ1) is 13.5. The number of nitrogens with zero attached hydrogens (tertiary/aromatic N) is 2. The minimum atomic E-state index is 0.647. The van der Waals surface area contributed by atoms with Crippen molar-refractivity contribution in [1.29, 1.82) is 0 Å². The lowest BCUT2D eigenvalue weighted by Crippen LogP contribution is -2.50. The number of likely N-dealkylation sites (N-methyl/N-ethyl adjacent to an activating group) is 1. The lowest BCUT2D eigenvalue weighted by atomic mass is 10.0. The maximum atomic E-state index is 5.78. The lowest BCUT2D eigenvalue weighted by molar-refractivity contribution is 0.101. The van der Waals surface area contributed by atoms with E-state index in [2.05, 4.69) is 48.0 Å². The van der Waals surface area contributed by atoms with Crippen molar-refractivity contribution in [3.8, 4) is 0 Å². The van der Waals surface area contributed by atoms with Gasteiger partial charge in [0.15, 0.2) is 0 Å². The van der Waals surface area contributed by atoms with E-state index >= 15 is 0 Å². The molecule has 0 amide bonds. The average molecular weight is 247 g/mol. The summed E-state index contributed by atoms with van der Waals surface area (Å²) >= 11 is 0. The van der Waals surface area contributed by atoms with E-state index in [1.54, 1.807) is 0 Å². The van der Waals surface area contributed by atoms with E-state index in [9.17, 15) is 0 Å². The number of hydrogen-bond donors (Lipinski definition) is 1. The molecule has 0 saturated carbocycles. The van der Waals surface area contributed by atoms with Gasteiger partial charge in [-0.3, -0.25) is 4.90 Å². The monoisotopic (exact) mass is 247 g/mol. The van der Waals surface area contributed by atoms with Gasteiger partial charge in [0.05, 0.1) is 0 Å². The fourth-order valence-corrected chi connectivity index (χ4v) is 2.77. The summed E-state index contributed by atoms with van der Waals surface area (Å²) in [5.74, 6) is 0. The Morgan fingerprint density at radius 1 is 1.22 bits per heavy atom. The minimum Gasteiger partial charge on any atom is -0.326 e. The van der Waals surface area contributed by atoms with Gasteiger partial charge in [-0.15, -0.1) is 0 Å². The van der Waals surface area contributed by atoms with Gasteiger partial charge in [0.1, 0.15) is 0 Å². The van der Waals surface area contributed by atoms with Crippen LogP contribution in [0.5, 0.6) is 0 Å². The predicted molar refractivity (Wildman–Crippen MR) is 76.6 cm³/mol. The molecule has 1 fully saturated rings. The van der Waals surface area contributed by atoms with Gasteiger partial charge in [0, 0.05) is 38.8 Å². The zero-order valence-electron chi connectivity index (χ0n) is 11.6. The highest BCUT2D eigenvalue weighted by Crippen LogP contribution is 2.12. The maximum absolute atomic E-state index is 5.78. The van der Waals surface area contributed by atoms with Gasteiger partial charge in [-0.05, 0) is 31.5 Å². The normalized spacial score (nSPS) is 22.3. The molecule has 0 spiro atoms. The van der Waals surface area contributed by atoms with Crippen LogP contribution in [0.25, 0.3) is 0 Å². The first-order valence-corrected chi connectivity index (χ1v) is 6.90. The first-order valence-electron chi connectivity index (χ1n) is 6.90. The summed E-state index contributed by atoms with van der Waals surface area (Å²) in [4.78, 5) is 5.00. The van der Waals surface area contributed by atoms with Gasteiger partial charge in [-0.25, -0.2) is 0 Å². The second kappa shape index (κ2) is 6.32. The highest BCUT2D eigenvalue weighted by atomic mass is 15.3. The third-order valence-electron chi connectivity index (χ3n) is 3.97. The van der Waals surface area contributed by atoms with Crippen LogP contribution in [0.3, 0.4) is 0 Å².